The first-order chi connectivity index (χ1) is 13.8. The zero-order valence-corrected chi connectivity index (χ0v) is 16.5. The number of anilines is 1. The normalized spacial score (nSPS) is 11.0. The van der Waals surface area contributed by atoms with Crippen LogP contribution in [0.15, 0.2) is 34.9 Å². The average Bonchev–Trinajstić information content (AvgIpc) is 3.28. The van der Waals surface area contributed by atoms with Gasteiger partial charge < -0.3 is 9.84 Å². The average molecular weight is 398 g/mol. The number of hydrogen-bond acceptors (Lipinski definition) is 7. The van der Waals surface area contributed by atoms with Gasteiger partial charge in [-0.25, -0.2) is 4.68 Å². The van der Waals surface area contributed by atoms with Gasteiger partial charge in [0.25, 0.3) is 5.69 Å². The molecule has 0 atom stereocenters. The van der Waals surface area contributed by atoms with E-state index in [-0.39, 0.29) is 23.9 Å². The van der Waals surface area contributed by atoms with Crippen LogP contribution in [0.1, 0.15) is 50.0 Å². The van der Waals surface area contributed by atoms with Gasteiger partial charge in [-0.2, -0.15) is 10.1 Å². The summed E-state index contributed by atoms with van der Waals surface area (Å²) in [6, 6.07) is 7.71. The topological polar surface area (TPSA) is 129 Å². The molecule has 1 aromatic carbocycles. The standard InChI is InChI=1S/C19H22N6O4/c1-12(2)19-21-18(29-23-19)6-4-5-17(26)20-16-11-13(3)22-24(16)14-7-9-15(10-8-14)25(27)28/h7-12H,4-6H2,1-3H3,(H,20,26). The van der Waals surface area contributed by atoms with Crippen molar-refractivity contribution >= 4 is 17.4 Å². The second kappa shape index (κ2) is 8.63. The minimum absolute atomic E-state index is 0.00939. The lowest BCUT2D eigenvalue weighted by Crippen LogP contribution is -2.15. The third kappa shape index (κ3) is 5.03. The van der Waals surface area contributed by atoms with Gasteiger partial charge in [0.1, 0.15) is 5.82 Å². The van der Waals surface area contributed by atoms with Gasteiger partial charge in [0.05, 0.1) is 16.3 Å². The summed E-state index contributed by atoms with van der Waals surface area (Å²) in [7, 11) is 0. The van der Waals surface area contributed by atoms with E-state index in [0.717, 1.165) is 0 Å². The molecule has 0 saturated carbocycles. The van der Waals surface area contributed by atoms with Crippen LogP contribution in [0.25, 0.3) is 5.69 Å². The molecule has 0 aliphatic heterocycles. The van der Waals surface area contributed by atoms with Gasteiger partial charge in [0.2, 0.25) is 11.8 Å². The molecule has 0 aliphatic carbocycles. The zero-order valence-electron chi connectivity index (χ0n) is 16.5. The molecule has 29 heavy (non-hydrogen) atoms. The maximum Gasteiger partial charge on any atom is 0.269 e. The predicted octanol–water partition coefficient (Wildman–Crippen LogP) is 3.56. The number of carbonyl (C=O) groups is 1. The van der Waals surface area contributed by atoms with Gasteiger partial charge in [0, 0.05) is 37.0 Å². The summed E-state index contributed by atoms with van der Waals surface area (Å²) in [5.41, 5.74) is 1.32. The quantitative estimate of drug-likeness (QED) is 0.453. The van der Waals surface area contributed by atoms with Crippen LogP contribution < -0.4 is 5.32 Å². The number of carbonyl (C=O) groups excluding carboxylic acids is 1. The largest absolute Gasteiger partial charge is 0.339 e. The Hall–Kier alpha value is -3.56. The zero-order chi connectivity index (χ0) is 21.0. The van der Waals surface area contributed by atoms with Crippen LogP contribution in [0, 0.1) is 17.0 Å². The molecule has 3 aromatic rings. The number of hydrogen-bond donors (Lipinski definition) is 1. The fourth-order valence-electron chi connectivity index (χ4n) is 2.71. The molecule has 2 heterocycles. The van der Waals surface area contributed by atoms with Crippen LogP contribution in [0.4, 0.5) is 11.5 Å². The molecule has 152 valence electrons. The first kappa shape index (κ1) is 20.2. The fraction of sp³-hybridized carbons (Fsp3) is 0.368. The number of nitrogens with one attached hydrogen (secondary N) is 1. The number of benzene rings is 1. The van der Waals surface area contributed by atoms with Crippen molar-refractivity contribution in [3.63, 3.8) is 0 Å². The molecule has 2 aromatic heterocycles. The smallest absolute Gasteiger partial charge is 0.269 e. The van der Waals surface area contributed by atoms with Crippen molar-refractivity contribution < 1.29 is 14.2 Å². The highest BCUT2D eigenvalue weighted by Gasteiger charge is 2.14. The lowest BCUT2D eigenvalue weighted by molar-refractivity contribution is -0.384. The summed E-state index contributed by atoms with van der Waals surface area (Å²) in [5, 5.41) is 21.9. The van der Waals surface area contributed by atoms with Gasteiger partial charge in [-0.15, -0.1) is 0 Å². The Kier molecular flexibility index (Phi) is 6.01. The number of aryl methyl sites for hydroxylation is 2. The molecular formula is C19H22N6O4. The van der Waals surface area contributed by atoms with E-state index in [2.05, 4.69) is 20.6 Å². The van der Waals surface area contributed by atoms with E-state index >= 15 is 0 Å². The first-order valence-corrected chi connectivity index (χ1v) is 9.27. The molecule has 0 saturated heterocycles. The maximum absolute atomic E-state index is 12.3. The number of amides is 1. The van der Waals surface area contributed by atoms with Gasteiger partial charge in [-0.3, -0.25) is 14.9 Å². The molecule has 1 N–H and O–H groups in total. The Morgan fingerprint density at radius 3 is 2.66 bits per heavy atom. The summed E-state index contributed by atoms with van der Waals surface area (Å²) < 4.78 is 6.72. The highest BCUT2D eigenvalue weighted by atomic mass is 16.6. The lowest BCUT2D eigenvalue weighted by Gasteiger charge is -2.08. The van der Waals surface area contributed by atoms with Crippen LogP contribution in [0.5, 0.6) is 0 Å². The third-order valence-electron chi connectivity index (χ3n) is 4.20. The van der Waals surface area contributed by atoms with E-state index in [1.807, 2.05) is 13.8 Å². The lowest BCUT2D eigenvalue weighted by atomic mass is 10.2. The molecular weight excluding hydrogens is 376 g/mol. The molecule has 0 aliphatic rings. The summed E-state index contributed by atoms with van der Waals surface area (Å²) in [6.07, 6.45) is 1.37. The van der Waals surface area contributed by atoms with E-state index in [1.165, 1.54) is 12.1 Å². The number of nitro benzene ring substituents is 1. The van der Waals surface area contributed by atoms with Crippen LogP contribution >= 0.6 is 0 Å². The van der Waals surface area contributed by atoms with Crippen LogP contribution in [-0.2, 0) is 11.2 Å². The summed E-state index contributed by atoms with van der Waals surface area (Å²) in [5.74, 6) is 1.71. The van der Waals surface area contributed by atoms with Gasteiger partial charge in [-0.1, -0.05) is 19.0 Å². The van der Waals surface area contributed by atoms with Gasteiger partial charge in [0.15, 0.2) is 5.82 Å². The number of nitro groups is 1. The van der Waals surface area contributed by atoms with Crippen LogP contribution in [0.3, 0.4) is 0 Å². The van der Waals surface area contributed by atoms with E-state index < -0.39 is 4.92 Å². The highest BCUT2D eigenvalue weighted by molar-refractivity contribution is 5.90. The van der Waals surface area contributed by atoms with E-state index in [1.54, 1.807) is 29.8 Å². The number of rotatable bonds is 8. The molecule has 0 unspecified atom stereocenters. The maximum atomic E-state index is 12.3. The Morgan fingerprint density at radius 1 is 1.31 bits per heavy atom. The van der Waals surface area contributed by atoms with Crippen molar-refractivity contribution in [1.82, 2.24) is 19.9 Å². The van der Waals surface area contributed by atoms with Gasteiger partial charge >= 0.3 is 0 Å². The van der Waals surface area contributed by atoms with Crippen LogP contribution in [0.2, 0.25) is 0 Å². The Labute approximate surface area is 167 Å². The monoisotopic (exact) mass is 398 g/mol. The van der Waals surface area contributed by atoms with Gasteiger partial charge in [-0.05, 0) is 25.5 Å². The molecule has 0 fully saturated rings. The molecule has 0 radical (unpaired) electrons. The Balaban J connectivity index is 1.61. The van der Waals surface area contributed by atoms with Crippen molar-refractivity contribution in [2.75, 3.05) is 5.32 Å². The number of nitrogens with zero attached hydrogens (tertiary/aromatic N) is 5. The minimum Gasteiger partial charge on any atom is -0.339 e. The molecule has 1 amide bonds. The molecule has 0 spiro atoms. The number of aromatic nitrogens is 4. The SMILES string of the molecule is Cc1cc(NC(=O)CCCc2nc(C(C)C)no2)n(-c2ccc([N+](=O)[O-])cc2)n1. The number of non-ortho nitro benzene ring substituents is 1. The summed E-state index contributed by atoms with van der Waals surface area (Å²) in [6.45, 7) is 5.77. The fourth-order valence-corrected chi connectivity index (χ4v) is 2.71. The molecule has 10 heteroatoms. The first-order valence-electron chi connectivity index (χ1n) is 9.27. The van der Waals surface area contributed by atoms with Crippen LogP contribution in [-0.4, -0.2) is 30.8 Å². The van der Waals surface area contributed by atoms with Crippen molar-refractivity contribution in [3.05, 3.63) is 57.9 Å². The van der Waals surface area contributed by atoms with Crippen molar-refractivity contribution in [3.8, 4) is 5.69 Å². The minimum atomic E-state index is -0.464. The Morgan fingerprint density at radius 2 is 2.03 bits per heavy atom. The van der Waals surface area contributed by atoms with E-state index in [4.69, 9.17) is 4.52 Å². The second-order valence-electron chi connectivity index (χ2n) is 6.96. The second-order valence-corrected chi connectivity index (χ2v) is 6.96. The van der Waals surface area contributed by atoms with Crippen molar-refractivity contribution in [2.24, 2.45) is 0 Å². The van der Waals surface area contributed by atoms with E-state index in [9.17, 15) is 14.9 Å². The van der Waals surface area contributed by atoms with E-state index in [0.29, 0.717) is 41.8 Å². The third-order valence-corrected chi connectivity index (χ3v) is 4.20. The predicted molar refractivity (Wildman–Crippen MR) is 105 cm³/mol. The summed E-state index contributed by atoms with van der Waals surface area (Å²) in [4.78, 5) is 27.0. The van der Waals surface area contributed by atoms with Crippen molar-refractivity contribution in [2.45, 2.75) is 46.0 Å². The molecule has 10 nitrogen and oxygen atoms in total. The Bertz CT molecular complexity index is 1010. The molecule has 0 bridgehead atoms. The summed E-state index contributed by atoms with van der Waals surface area (Å²) >= 11 is 0. The molecule has 3 rings (SSSR count). The highest BCUT2D eigenvalue weighted by Crippen LogP contribution is 2.20. The van der Waals surface area contributed by atoms with Crippen molar-refractivity contribution in [1.29, 1.82) is 0 Å².